The molecule has 7 nitrogen and oxygen atoms in total. The average Bonchev–Trinajstić information content (AvgIpc) is 2.81. The van der Waals surface area contributed by atoms with Crippen LogP contribution in [-0.2, 0) is 13.0 Å². The minimum atomic E-state index is -0.214. The summed E-state index contributed by atoms with van der Waals surface area (Å²) in [5, 5.41) is 4.47. The van der Waals surface area contributed by atoms with Gasteiger partial charge in [0.1, 0.15) is 11.8 Å². The summed E-state index contributed by atoms with van der Waals surface area (Å²) in [6.45, 7) is 3.16. The van der Waals surface area contributed by atoms with E-state index in [4.69, 9.17) is 14.2 Å². The second-order valence-electron chi connectivity index (χ2n) is 8.07. The number of aromatic nitrogens is 2. The van der Waals surface area contributed by atoms with Gasteiger partial charge in [0.05, 0.1) is 33.0 Å². The topological polar surface area (TPSA) is 65.8 Å². The lowest BCUT2D eigenvalue weighted by atomic mass is 9.88. The first-order valence-corrected chi connectivity index (χ1v) is 11.3. The largest absolute Gasteiger partial charge is 0.493 e. The Kier molecular flexibility index (Phi) is 5.33. The van der Waals surface area contributed by atoms with Gasteiger partial charge in [-0.3, -0.25) is 4.79 Å². The van der Waals surface area contributed by atoms with Crippen LogP contribution in [0.3, 0.4) is 0 Å². The Labute approximate surface area is 194 Å². The van der Waals surface area contributed by atoms with Crippen LogP contribution in [0, 0.1) is 0 Å². The highest BCUT2D eigenvalue weighted by Gasteiger charge is 2.40. The second kappa shape index (κ2) is 8.16. The summed E-state index contributed by atoms with van der Waals surface area (Å²) in [5.41, 5.74) is 3.86. The molecule has 0 bridgehead atoms. The summed E-state index contributed by atoms with van der Waals surface area (Å²) < 4.78 is 19.7. The zero-order valence-corrected chi connectivity index (χ0v) is 19.8. The van der Waals surface area contributed by atoms with E-state index >= 15 is 0 Å². The van der Waals surface area contributed by atoms with Gasteiger partial charge in [0.25, 0.3) is 0 Å². The Morgan fingerprint density at radius 3 is 2.59 bits per heavy atom. The Hall–Kier alpha value is -3.00. The number of rotatable bonds is 4. The zero-order valence-electron chi connectivity index (χ0n) is 18.2. The molecule has 1 aromatic heterocycles. The van der Waals surface area contributed by atoms with Crippen molar-refractivity contribution in [2.75, 3.05) is 25.7 Å². The van der Waals surface area contributed by atoms with Gasteiger partial charge in [-0.25, -0.2) is 4.68 Å². The first-order chi connectivity index (χ1) is 15.5. The van der Waals surface area contributed by atoms with Gasteiger partial charge in [0.2, 0.25) is 5.75 Å². The molecule has 0 fully saturated rings. The van der Waals surface area contributed by atoms with Gasteiger partial charge in [-0.05, 0) is 54.3 Å². The van der Waals surface area contributed by atoms with Crippen LogP contribution in [0.25, 0.3) is 0 Å². The first kappa shape index (κ1) is 20.9. The number of anilines is 1. The molecule has 3 aromatic rings. The smallest absolute Gasteiger partial charge is 0.311 e. The van der Waals surface area contributed by atoms with Gasteiger partial charge in [0, 0.05) is 11.0 Å². The van der Waals surface area contributed by atoms with E-state index in [0.717, 1.165) is 40.0 Å². The van der Waals surface area contributed by atoms with E-state index in [1.165, 1.54) is 10.2 Å². The molecule has 0 aliphatic carbocycles. The number of hydrogen-bond donors (Lipinski definition) is 0. The normalized spacial score (nSPS) is 18.8. The van der Waals surface area contributed by atoms with Gasteiger partial charge in [0.15, 0.2) is 11.5 Å². The van der Waals surface area contributed by atoms with E-state index < -0.39 is 0 Å². The fourth-order valence-corrected chi connectivity index (χ4v) is 4.92. The van der Waals surface area contributed by atoms with Crippen LogP contribution in [0.5, 0.6) is 17.2 Å². The van der Waals surface area contributed by atoms with Crippen LogP contribution in [0.15, 0.2) is 51.9 Å². The average molecular weight is 498 g/mol. The minimum Gasteiger partial charge on any atom is -0.493 e. The molecule has 0 N–H and O–H groups in total. The molecule has 0 amide bonds. The third-order valence-corrected chi connectivity index (χ3v) is 6.73. The molecule has 2 atom stereocenters. The van der Waals surface area contributed by atoms with E-state index in [1.807, 2.05) is 43.3 Å². The van der Waals surface area contributed by atoms with Gasteiger partial charge >= 0.3 is 5.56 Å². The molecular weight excluding hydrogens is 474 g/mol. The summed E-state index contributed by atoms with van der Waals surface area (Å²) in [7, 11) is 3.28. The van der Waals surface area contributed by atoms with Gasteiger partial charge in [-0.15, -0.1) is 0 Å². The molecular formula is C24H24BrN3O4. The molecule has 0 saturated heterocycles. The monoisotopic (exact) mass is 497 g/mol. The van der Waals surface area contributed by atoms with Crippen molar-refractivity contribution in [3.05, 3.63) is 74.1 Å². The van der Waals surface area contributed by atoms with E-state index in [2.05, 4.69) is 25.9 Å². The third kappa shape index (κ3) is 3.43. The Morgan fingerprint density at radius 2 is 1.88 bits per heavy atom. The summed E-state index contributed by atoms with van der Waals surface area (Å²) in [6.07, 6.45) is 2.37. The predicted molar refractivity (Wildman–Crippen MR) is 125 cm³/mol. The Morgan fingerprint density at radius 1 is 1.16 bits per heavy atom. The predicted octanol–water partition coefficient (Wildman–Crippen LogP) is 3.96. The highest BCUT2D eigenvalue weighted by atomic mass is 79.9. The summed E-state index contributed by atoms with van der Waals surface area (Å²) >= 11 is 3.44. The number of halogens is 1. The summed E-state index contributed by atoms with van der Waals surface area (Å²) in [4.78, 5) is 15.5. The lowest BCUT2D eigenvalue weighted by Crippen LogP contribution is -2.48. The quantitative estimate of drug-likeness (QED) is 0.543. The maximum absolute atomic E-state index is 13.2. The molecule has 2 aliphatic rings. The van der Waals surface area contributed by atoms with Crippen LogP contribution >= 0.6 is 15.9 Å². The molecule has 0 unspecified atom stereocenters. The standard InChI is InChI=1S/C24H24BrN3O4/c1-14-22-18-11-21(31-3)20(30-2)10-16(18)8-9-27(22)19-12-26-28(24(29)23(19)32-14)13-15-4-6-17(25)7-5-15/h4-7,10-12,14,22H,8-9,13H2,1-3H3/t14-,22+/m0/s1. The molecule has 166 valence electrons. The van der Waals surface area contributed by atoms with Crippen LogP contribution < -0.4 is 24.7 Å². The van der Waals surface area contributed by atoms with Crippen LogP contribution in [0.4, 0.5) is 5.69 Å². The van der Waals surface area contributed by atoms with Crippen molar-refractivity contribution < 1.29 is 14.2 Å². The molecule has 5 rings (SSSR count). The fourth-order valence-electron chi connectivity index (χ4n) is 4.66. The molecule has 0 spiro atoms. The van der Waals surface area contributed by atoms with Gasteiger partial charge in [-0.2, -0.15) is 5.10 Å². The fraction of sp³-hybridized carbons (Fsp3) is 0.333. The van der Waals surface area contributed by atoms with Gasteiger partial charge in [-0.1, -0.05) is 28.1 Å². The SMILES string of the molecule is COc1cc2c(cc1OC)[C@H]1[C@H](C)Oc3c(cnn(Cc4ccc(Br)cc4)c3=O)N1CC2. The van der Waals surface area contributed by atoms with Crippen molar-refractivity contribution in [3.63, 3.8) is 0 Å². The third-order valence-electron chi connectivity index (χ3n) is 6.21. The number of methoxy groups -OCH3 is 2. The van der Waals surface area contributed by atoms with Crippen molar-refractivity contribution in [3.8, 4) is 17.2 Å². The van der Waals surface area contributed by atoms with Crippen molar-refractivity contribution in [2.45, 2.75) is 32.0 Å². The Bertz CT molecular complexity index is 1230. The number of hydrogen-bond acceptors (Lipinski definition) is 6. The van der Waals surface area contributed by atoms with Gasteiger partial charge < -0.3 is 19.1 Å². The highest BCUT2D eigenvalue weighted by Crippen LogP contribution is 2.46. The molecule has 32 heavy (non-hydrogen) atoms. The molecule has 3 heterocycles. The maximum atomic E-state index is 13.2. The lowest BCUT2D eigenvalue weighted by Gasteiger charge is -2.45. The van der Waals surface area contributed by atoms with Crippen molar-refractivity contribution in [1.29, 1.82) is 0 Å². The lowest BCUT2D eigenvalue weighted by molar-refractivity contribution is 0.160. The number of benzene rings is 2. The molecule has 2 aromatic carbocycles. The van der Waals surface area contributed by atoms with Crippen molar-refractivity contribution in [1.82, 2.24) is 9.78 Å². The van der Waals surface area contributed by atoms with Crippen molar-refractivity contribution in [2.24, 2.45) is 0 Å². The summed E-state index contributed by atoms with van der Waals surface area (Å²) in [5.74, 6) is 1.78. The van der Waals surface area contributed by atoms with Crippen molar-refractivity contribution >= 4 is 21.6 Å². The first-order valence-electron chi connectivity index (χ1n) is 10.5. The highest BCUT2D eigenvalue weighted by molar-refractivity contribution is 9.10. The second-order valence-corrected chi connectivity index (χ2v) is 8.98. The number of ether oxygens (including phenoxy) is 3. The molecule has 8 heteroatoms. The van der Waals surface area contributed by atoms with Crippen LogP contribution in [-0.4, -0.2) is 36.6 Å². The van der Waals surface area contributed by atoms with E-state index in [-0.39, 0.29) is 17.7 Å². The minimum absolute atomic E-state index is 0.0328. The van der Waals surface area contributed by atoms with E-state index in [0.29, 0.717) is 18.0 Å². The number of nitrogens with zero attached hydrogens (tertiary/aromatic N) is 3. The molecule has 2 aliphatic heterocycles. The maximum Gasteiger partial charge on any atom is 0.311 e. The van der Waals surface area contributed by atoms with Crippen LogP contribution in [0.2, 0.25) is 0 Å². The Balaban J connectivity index is 1.52. The molecule has 0 radical (unpaired) electrons. The summed E-state index contributed by atoms with van der Waals surface area (Å²) in [6, 6.07) is 11.9. The van der Waals surface area contributed by atoms with E-state index in [9.17, 15) is 4.79 Å². The molecule has 0 saturated carbocycles. The van der Waals surface area contributed by atoms with Crippen LogP contribution in [0.1, 0.15) is 29.7 Å². The van der Waals surface area contributed by atoms with E-state index in [1.54, 1.807) is 20.4 Å². The zero-order chi connectivity index (χ0) is 22.4. The number of fused-ring (bicyclic) bond motifs is 5.